The first-order valence-corrected chi connectivity index (χ1v) is 12.3. The number of rotatable bonds is 9. The van der Waals surface area contributed by atoms with Gasteiger partial charge in [-0.05, 0) is 43.2 Å². The summed E-state index contributed by atoms with van der Waals surface area (Å²) < 4.78 is 0. The zero-order valence-corrected chi connectivity index (χ0v) is 22.2. The summed E-state index contributed by atoms with van der Waals surface area (Å²) in [5, 5.41) is 10.4. The van der Waals surface area contributed by atoms with Gasteiger partial charge in [0.25, 0.3) is 0 Å². The Labute approximate surface area is 211 Å². The molecule has 0 saturated heterocycles. The Morgan fingerprint density at radius 2 is 1.71 bits per heavy atom. The van der Waals surface area contributed by atoms with Gasteiger partial charge >= 0.3 is 0 Å². The normalized spacial score (nSPS) is 13.5. The number of phenolic OH excluding ortho intramolecular Hbond substituents is 1. The second-order valence-electron chi connectivity index (χ2n) is 9.02. The highest BCUT2D eigenvalue weighted by Gasteiger charge is 2.32. The van der Waals surface area contributed by atoms with Crippen LogP contribution in [0.5, 0.6) is 5.75 Å². The number of carbonyl (C=O) groups excluding carboxylic acids is 1. The molecule has 1 N–H and O–H groups in total. The summed E-state index contributed by atoms with van der Waals surface area (Å²) in [4.78, 5) is 17.5. The van der Waals surface area contributed by atoms with Crippen molar-refractivity contribution in [3.05, 3.63) is 114 Å². The molecule has 4 nitrogen and oxygen atoms in total. The van der Waals surface area contributed by atoms with Crippen LogP contribution in [0.3, 0.4) is 0 Å². The van der Waals surface area contributed by atoms with Gasteiger partial charge in [0.05, 0.1) is 12.2 Å². The smallest absolute Gasteiger partial charge is 0.182 e. The molecule has 0 atom stereocenters. The monoisotopic (exact) mass is 472 g/mol. The van der Waals surface area contributed by atoms with Crippen molar-refractivity contribution in [1.82, 2.24) is 9.80 Å². The van der Waals surface area contributed by atoms with Crippen molar-refractivity contribution in [2.24, 2.45) is 0 Å². The van der Waals surface area contributed by atoms with Crippen LogP contribution in [0.1, 0.15) is 69.4 Å². The molecule has 0 spiro atoms. The van der Waals surface area contributed by atoms with Crippen molar-refractivity contribution in [1.29, 1.82) is 0 Å². The van der Waals surface area contributed by atoms with Crippen molar-refractivity contribution < 1.29 is 9.90 Å². The molecule has 0 amide bonds. The van der Waals surface area contributed by atoms with E-state index in [1.807, 2.05) is 57.7 Å². The molecule has 0 bridgehead atoms. The van der Waals surface area contributed by atoms with Crippen LogP contribution in [0.15, 0.2) is 97.1 Å². The lowest BCUT2D eigenvalue weighted by Gasteiger charge is -2.28. The predicted molar refractivity (Wildman–Crippen MR) is 147 cm³/mol. The standard InChI is InChI=1S/C29H34N2O2.C2H6/c1-8-25-26(9-2)31(21(5)30(25)18-22-13-11-10-12-14-22)19-28(33)23-15-16-27(32)24(17-23)29(6,7)20(3)4;1-2/h9-17,32H,2-3,5,8,18-19H2,1,4,6-7H3;1-2H3. The minimum Gasteiger partial charge on any atom is -0.508 e. The molecule has 1 heterocycles. The lowest BCUT2D eigenvalue weighted by atomic mass is 9.78. The van der Waals surface area contributed by atoms with E-state index in [2.05, 4.69) is 43.7 Å². The highest BCUT2D eigenvalue weighted by Crippen LogP contribution is 2.38. The van der Waals surface area contributed by atoms with Gasteiger partial charge in [-0.15, -0.1) is 0 Å². The highest BCUT2D eigenvalue weighted by atomic mass is 16.3. The Morgan fingerprint density at radius 1 is 1.09 bits per heavy atom. The van der Waals surface area contributed by atoms with E-state index in [-0.39, 0.29) is 18.1 Å². The van der Waals surface area contributed by atoms with Gasteiger partial charge in [-0.2, -0.15) is 0 Å². The van der Waals surface area contributed by atoms with Crippen LogP contribution in [0.4, 0.5) is 0 Å². The molecule has 1 aliphatic heterocycles. The maximum absolute atomic E-state index is 13.4. The molecule has 2 aromatic carbocycles. The zero-order valence-electron chi connectivity index (χ0n) is 22.2. The Morgan fingerprint density at radius 3 is 2.26 bits per heavy atom. The number of hydrogen-bond donors (Lipinski definition) is 1. The molecule has 0 radical (unpaired) electrons. The summed E-state index contributed by atoms with van der Waals surface area (Å²) in [6.07, 6.45) is 2.60. The molecule has 4 heteroatoms. The van der Waals surface area contributed by atoms with Crippen molar-refractivity contribution >= 4 is 5.78 Å². The third-order valence-electron chi connectivity index (χ3n) is 6.61. The highest BCUT2D eigenvalue weighted by molar-refractivity contribution is 5.98. The molecule has 3 rings (SSSR count). The minimum absolute atomic E-state index is 0.0497. The molecule has 0 saturated carbocycles. The van der Waals surface area contributed by atoms with Crippen molar-refractivity contribution in [2.75, 3.05) is 6.54 Å². The van der Waals surface area contributed by atoms with Crippen LogP contribution in [0.25, 0.3) is 0 Å². The van der Waals surface area contributed by atoms with Gasteiger partial charge in [0.2, 0.25) is 0 Å². The molecule has 186 valence electrons. The maximum atomic E-state index is 13.4. The van der Waals surface area contributed by atoms with E-state index < -0.39 is 5.41 Å². The second kappa shape index (κ2) is 11.7. The average Bonchev–Trinajstić information content (AvgIpc) is 3.10. The fourth-order valence-electron chi connectivity index (χ4n) is 4.14. The lowest BCUT2D eigenvalue weighted by Crippen LogP contribution is -2.29. The number of phenols is 1. The summed E-state index contributed by atoms with van der Waals surface area (Å²) in [6, 6.07) is 15.3. The third-order valence-corrected chi connectivity index (χ3v) is 6.61. The van der Waals surface area contributed by atoms with E-state index in [9.17, 15) is 9.90 Å². The second-order valence-corrected chi connectivity index (χ2v) is 9.02. The largest absolute Gasteiger partial charge is 0.508 e. The lowest BCUT2D eigenvalue weighted by molar-refractivity contribution is 0.0959. The van der Waals surface area contributed by atoms with E-state index in [1.165, 1.54) is 5.56 Å². The van der Waals surface area contributed by atoms with Crippen molar-refractivity contribution in [3.8, 4) is 5.75 Å². The van der Waals surface area contributed by atoms with E-state index in [1.54, 1.807) is 24.3 Å². The number of hydrogen-bond acceptors (Lipinski definition) is 4. The summed E-state index contributed by atoms with van der Waals surface area (Å²) in [7, 11) is 0. The summed E-state index contributed by atoms with van der Waals surface area (Å²) in [5.74, 6) is 0.880. The van der Waals surface area contributed by atoms with E-state index in [0.29, 0.717) is 17.7 Å². The third kappa shape index (κ3) is 5.76. The number of ketones is 1. The number of carbonyl (C=O) groups is 1. The molecule has 0 fully saturated rings. The SMILES string of the molecule is C=CC1=C(CC)N(Cc2ccccc2)C(=C)N1CC(=O)c1ccc(O)c(C(C)(C)C(=C)C)c1.CC. The molecule has 35 heavy (non-hydrogen) atoms. The molecule has 1 aliphatic rings. The number of allylic oxidation sites excluding steroid dienone is 3. The van der Waals surface area contributed by atoms with Gasteiger partial charge in [0, 0.05) is 28.8 Å². The maximum Gasteiger partial charge on any atom is 0.182 e. The van der Waals surface area contributed by atoms with Gasteiger partial charge in [-0.1, -0.05) is 90.3 Å². The van der Waals surface area contributed by atoms with Crippen LogP contribution in [0.2, 0.25) is 0 Å². The van der Waals surface area contributed by atoms with Crippen LogP contribution >= 0.6 is 0 Å². The van der Waals surface area contributed by atoms with E-state index in [0.717, 1.165) is 29.2 Å². The number of aromatic hydroxyl groups is 1. The van der Waals surface area contributed by atoms with Crippen LogP contribution in [0, 0.1) is 0 Å². The number of Topliss-reactive ketones (excluding diaryl/α,β-unsaturated/α-hetero) is 1. The van der Waals surface area contributed by atoms with Gasteiger partial charge in [-0.25, -0.2) is 0 Å². The summed E-state index contributed by atoms with van der Waals surface area (Å²) in [6.45, 7) is 25.2. The van der Waals surface area contributed by atoms with Crippen LogP contribution < -0.4 is 0 Å². The zero-order chi connectivity index (χ0) is 26.3. The quantitative estimate of drug-likeness (QED) is 0.302. The molecular weight excluding hydrogens is 432 g/mol. The fourth-order valence-corrected chi connectivity index (χ4v) is 4.14. The predicted octanol–water partition coefficient (Wildman–Crippen LogP) is 7.55. The minimum atomic E-state index is -0.453. The average molecular weight is 473 g/mol. The van der Waals surface area contributed by atoms with Crippen LogP contribution in [-0.2, 0) is 12.0 Å². The molecule has 2 aromatic rings. The van der Waals surface area contributed by atoms with E-state index >= 15 is 0 Å². The summed E-state index contributed by atoms with van der Waals surface area (Å²) >= 11 is 0. The Kier molecular flexibility index (Phi) is 9.30. The number of nitrogens with zero attached hydrogens (tertiary/aromatic N) is 2. The van der Waals surface area contributed by atoms with Gasteiger partial charge in [-0.3, -0.25) is 4.79 Å². The van der Waals surface area contributed by atoms with Crippen molar-refractivity contribution in [2.45, 2.75) is 59.9 Å². The Hall–Kier alpha value is -3.53. The first-order chi connectivity index (χ1) is 16.6. The Balaban J connectivity index is 0.00000210. The van der Waals surface area contributed by atoms with Gasteiger partial charge in [0.15, 0.2) is 5.78 Å². The van der Waals surface area contributed by atoms with E-state index in [4.69, 9.17) is 0 Å². The van der Waals surface area contributed by atoms with Gasteiger partial charge < -0.3 is 14.9 Å². The molecule has 0 unspecified atom stereocenters. The fraction of sp³-hybridized carbons (Fsp3) is 0.323. The molecule has 0 aromatic heterocycles. The molecule has 0 aliphatic carbocycles. The summed E-state index contributed by atoms with van der Waals surface area (Å²) in [5.41, 5.74) is 4.89. The van der Waals surface area contributed by atoms with Crippen molar-refractivity contribution in [3.63, 3.8) is 0 Å². The van der Waals surface area contributed by atoms with Crippen LogP contribution in [-0.4, -0.2) is 27.2 Å². The molecular formula is C31H40N2O2. The first-order valence-electron chi connectivity index (χ1n) is 12.3. The Bertz CT molecular complexity index is 1130. The van der Waals surface area contributed by atoms with Gasteiger partial charge in [0.1, 0.15) is 11.6 Å². The first kappa shape index (κ1) is 27.7. The number of benzene rings is 2. The topological polar surface area (TPSA) is 43.8 Å².